The highest BCUT2D eigenvalue weighted by atomic mass is 16.5. The number of carboxylic acid groups (broad SMARTS) is 1. The average Bonchev–Trinajstić information content (AvgIpc) is 2.32. The number of nitrogens with zero attached hydrogens (tertiary/aromatic N) is 1. The van der Waals surface area contributed by atoms with Crippen molar-refractivity contribution in [1.29, 1.82) is 0 Å². The Labute approximate surface area is 100 Å². The molecule has 4 heteroatoms. The zero-order valence-corrected chi connectivity index (χ0v) is 9.50. The molecule has 90 valence electrons. The molecule has 1 aromatic carbocycles. The summed E-state index contributed by atoms with van der Waals surface area (Å²) in [4.78, 5) is 12.8. The van der Waals surface area contributed by atoms with Crippen molar-refractivity contribution in [3.63, 3.8) is 0 Å². The molecule has 0 amide bonds. The second-order valence-electron chi connectivity index (χ2n) is 3.97. The summed E-state index contributed by atoms with van der Waals surface area (Å²) in [6.45, 7) is 4.73. The van der Waals surface area contributed by atoms with E-state index in [-0.39, 0.29) is 12.5 Å². The van der Waals surface area contributed by atoms with Crippen LogP contribution in [0.5, 0.6) is 5.75 Å². The summed E-state index contributed by atoms with van der Waals surface area (Å²) in [5, 5.41) is 8.89. The maximum absolute atomic E-state index is 10.8. The molecule has 1 N–H and O–H groups in total. The molecule has 1 aromatic rings. The zero-order valence-electron chi connectivity index (χ0n) is 9.50. The van der Waals surface area contributed by atoms with Gasteiger partial charge in [0.2, 0.25) is 0 Å². The summed E-state index contributed by atoms with van der Waals surface area (Å²) in [7, 11) is 0. The molecule has 0 saturated heterocycles. The number of ether oxygens (including phenoxy) is 1. The molecule has 1 heterocycles. The van der Waals surface area contributed by atoms with E-state index in [0.29, 0.717) is 13.2 Å². The number of rotatable bonds is 4. The third kappa shape index (κ3) is 2.41. The van der Waals surface area contributed by atoms with Crippen molar-refractivity contribution in [3.8, 4) is 5.75 Å². The van der Waals surface area contributed by atoms with Crippen molar-refractivity contribution in [1.82, 2.24) is 0 Å². The fraction of sp³-hybridized carbons (Fsp3) is 0.308. The topological polar surface area (TPSA) is 49.8 Å². The number of hydrogen-bond donors (Lipinski definition) is 1. The maximum Gasteiger partial charge on any atom is 0.305 e. The summed E-state index contributed by atoms with van der Waals surface area (Å²) in [6, 6.07) is 7.51. The fourth-order valence-corrected chi connectivity index (χ4v) is 2.05. The van der Waals surface area contributed by atoms with Gasteiger partial charge in [0.1, 0.15) is 12.4 Å². The van der Waals surface area contributed by atoms with Crippen molar-refractivity contribution in [2.45, 2.75) is 12.5 Å². The van der Waals surface area contributed by atoms with Crippen molar-refractivity contribution in [2.75, 3.05) is 18.1 Å². The Balaban J connectivity index is 2.28. The van der Waals surface area contributed by atoms with Gasteiger partial charge >= 0.3 is 5.97 Å². The normalized spacial score (nSPS) is 18.1. The maximum atomic E-state index is 10.8. The number of carboxylic acids is 1. The van der Waals surface area contributed by atoms with Gasteiger partial charge in [-0.2, -0.15) is 0 Å². The van der Waals surface area contributed by atoms with E-state index in [1.165, 1.54) is 0 Å². The third-order valence-electron chi connectivity index (χ3n) is 2.78. The lowest BCUT2D eigenvalue weighted by Gasteiger charge is -2.37. The third-order valence-corrected chi connectivity index (χ3v) is 2.78. The van der Waals surface area contributed by atoms with Crippen LogP contribution in [0.3, 0.4) is 0 Å². The van der Waals surface area contributed by atoms with Gasteiger partial charge in [-0.3, -0.25) is 4.79 Å². The van der Waals surface area contributed by atoms with Gasteiger partial charge in [-0.15, -0.1) is 6.58 Å². The highest BCUT2D eigenvalue weighted by molar-refractivity contribution is 5.70. The van der Waals surface area contributed by atoms with Crippen LogP contribution < -0.4 is 9.64 Å². The Bertz CT molecular complexity index is 430. The number of para-hydroxylation sites is 2. The molecule has 0 aromatic heterocycles. The van der Waals surface area contributed by atoms with E-state index in [4.69, 9.17) is 9.84 Å². The minimum Gasteiger partial charge on any atom is -0.489 e. The Morgan fingerprint density at radius 3 is 3.06 bits per heavy atom. The Morgan fingerprint density at radius 2 is 2.35 bits per heavy atom. The first-order valence-corrected chi connectivity index (χ1v) is 5.53. The number of anilines is 1. The van der Waals surface area contributed by atoms with Gasteiger partial charge in [-0.05, 0) is 12.1 Å². The van der Waals surface area contributed by atoms with Crippen molar-refractivity contribution in [2.24, 2.45) is 0 Å². The van der Waals surface area contributed by atoms with Gasteiger partial charge < -0.3 is 14.7 Å². The molecule has 1 atom stereocenters. The first kappa shape index (κ1) is 11.5. The first-order chi connectivity index (χ1) is 8.22. The van der Waals surface area contributed by atoms with E-state index in [2.05, 4.69) is 6.58 Å². The van der Waals surface area contributed by atoms with E-state index in [9.17, 15) is 4.79 Å². The van der Waals surface area contributed by atoms with Crippen LogP contribution in [0, 0.1) is 0 Å². The smallest absolute Gasteiger partial charge is 0.305 e. The average molecular weight is 233 g/mol. The summed E-state index contributed by atoms with van der Waals surface area (Å²) >= 11 is 0. The van der Waals surface area contributed by atoms with Crippen LogP contribution in [0.15, 0.2) is 36.9 Å². The second-order valence-corrected chi connectivity index (χ2v) is 3.97. The lowest BCUT2D eigenvalue weighted by atomic mass is 10.1. The number of aliphatic carboxylic acids is 1. The van der Waals surface area contributed by atoms with Crippen LogP contribution in [0.4, 0.5) is 5.69 Å². The van der Waals surface area contributed by atoms with Gasteiger partial charge in [-0.25, -0.2) is 0 Å². The molecule has 1 aliphatic heterocycles. The highest BCUT2D eigenvalue weighted by Gasteiger charge is 2.28. The second kappa shape index (κ2) is 4.91. The predicted molar refractivity (Wildman–Crippen MR) is 65.5 cm³/mol. The number of fused-ring (bicyclic) bond motifs is 1. The molecular formula is C13H15NO3. The lowest BCUT2D eigenvalue weighted by molar-refractivity contribution is -0.137. The minimum atomic E-state index is -0.813. The van der Waals surface area contributed by atoms with Gasteiger partial charge in [0.05, 0.1) is 18.2 Å². The van der Waals surface area contributed by atoms with E-state index >= 15 is 0 Å². The lowest BCUT2D eigenvalue weighted by Crippen LogP contribution is -2.44. The van der Waals surface area contributed by atoms with Gasteiger partial charge in [0.15, 0.2) is 0 Å². The van der Waals surface area contributed by atoms with Gasteiger partial charge in [-0.1, -0.05) is 18.2 Å². The van der Waals surface area contributed by atoms with E-state index in [0.717, 1.165) is 11.4 Å². The van der Waals surface area contributed by atoms with Crippen molar-refractivity contribution in [3.05, 3.63) is 36.9 Å². The number of hydrogen-bond acceptors (Lipinski definition) is 3. The van der Waals surface area contributed by atoms with Crippen LogP contribution in [0.1, 0.15) is 6.42 Å². The molecule has 0 saturated carbocycles. The largest absolute Gasteiger partial charge is 0.489 e. The highest BCUT2D eigenvalue weighted by Crippen LogP contribution is 2.34. The molecular weight excluding hydrogens is 218 g/mol. The monoisotopic (exact) mass is 233 g/mol. The molecule has 17 heavy (non-hydrogen) atoms. The Hall–Kier alpha value is -1.97. The van der Waals surface area contributed by atoms with Crippen molar-refractivity contribution < 1.29 is 14.6 Å². The molecule has 1 unspecified atom stereocenters. The SMILES string of the molecule is C=CCN1c2ccccc2OCC1CC(=O)O. The van der Waals surface area contributed by atoms with Crippen LogP contribution in [-0.4, -0.2) is 30.3 Å². The Kier molecular flexibility index (Phi) is 3.32. The summed E-state index contributed by atoms with van der Waals surface area (Å²) < 4.78 is 5.57. The molecule has 2 rings (SSSR count). The van der Waals surface area contributed by atoms with Gasteiger partial charge in [0, 0.05) is 6.54 Å². The van der Waals surface area contributed by atoms with Crippen molar-refractivity contribution >= 4 is 11.7 Å². The fourth-order valence-electron chi connectivity index (χ4n) is 2.05. The van der Waals surface area contributed by atoms with Crippen LogP contribution >= 0.6 is 0 Å². The number of benzene rings is 1. The molecule has 0 spiro atoms. The molecule has 4 nitrogen and oxygen atoms in total. The van der Waals surface area contributed by atoms with E-state index in [1.807, 2.05) is 29.2 Å². The summed E-state index contributed by atoms with van der Waals surface area (Å²) in [5.41, 5.74) is 0.935. The molecule has 0 fully saturated rings. The van der Waals surface area contributed by atoms with Gasteiger partial charge in [0.25, 0.3) is 0 Å². The quantitative estimate of drug-likeness (QED) is 0.807. The Morgan fingerprint density at radius 1 is 1.59 bits per heavy atom. The summed E-state index contributed by atoms with van der Waals surface area (Å²) in [5.74, 6) is -0.0111. The standard InChI is InChI=1S/C13H15NO3/c1-2-7-14-10(8-13(15)16)9-17-12-6-4-3-5-11(12)14/h2-6,10H,1,7-9H2,(H,15,16). The summed E-state index contributed by atoms with van der Waals surface area (Å²) in [6.07, 6.45) is 1.85. The van der Waals surface area contributed by atoms with E-state index in [1.54, 1.807) is 6.08 Å². The van der Waals surface area contributed by atoms with Crippen LogP contribution in [0.2, 0.25) is 0 Å². The molecule has 0 bridgehead atoms. The molecule has 0 radical (unpaired) electrons. The molecule has 1 aliphatic rings. The minimum absolute atomic E-state index is 0.0716. The zero-order chi connectivity index (χ0) is 12.3. The van der Waals surface area contributed by atoms with E-state index < -0.39 is 5.97 Å². The predicted octanol–water partition coefficient (Wildman–Crippen LogP) is 1.91. The molecule has 0 aliphatic carbocycles. The van der Waals surface area contributed by atoms with Crippen LogP contribution in [-0.2, 0) is 4.79 Å². The van der Waals surface area contributed by atoms with Crippen LogP contribution in [0.25, 0.3) is 0 Å². The number of carbonyl (C=O) groups is 1. The first-order valence-electron chi connectivity index (χ1n) is 5.53.